The Morgan fingerprint density at radius 2 is 1.95 bits per heavy atom. The number of anilines is 1. The standard InChI is InChI=1S/C16H19F2NOS/c1-3-12-6-4-5-11(2)15(12)19-9-13-7-8-14(20-13)10-21-16(17)18/h4-8,16,19H,3,9-10H2,1-2H3. The Hall–Kier alpha value is -1.49. The van der Waals surface area contributed by atoms with Crippen molar-refractivity contribution >= 4 is 17.4 Å². The number of nitrogens with one attached hydrogen (secondary N) is 1. The first-order valence-corrected chi connectivity index (χ1v) is 7.94. The third-order valence-corrected chi connectivity index (χ3v) is 3.95. The van der Waals surface area contributed by atoms with Crippen LogP contribution in [0.15, 0.2) is 34.7 Å². The van der Waals surface area contributed by atoms with Crippen LogP contribution in [0.4, 0.5) is 14.5 Å². The summed E-state index contributed by atoms with van der Waals surface area (Å²) in [4.78, 5) is 0. The molecule has 0 aliphatic rings. The second-order valence-corrected chi connectivity index (χ2v) is 5.73. The summed E-state index contributed by atoms with van der Waals surface area (Å²) in [6, 6.07) is 9.80. The van der Waals surface area contributed by atoms with Crippen LogP contribution < -0.4 is 5.32 Å². The fourth-order valence-corrected chi connectivity index (χ4v) is 2.64. The maximum Gasteiger partial charge on any atom is 0.284 e. The topological polar surface area (TPSA) is 25.2 Å². The van der Waals surface area contributed by atoms with Crippen molar-refractivity contribution < 1.29 is 13.2 Å². The molecular formula is C16H19F2NOS. The van der Waals surface area contributed by atoms with Gasteiger partial charge in [-0.05, 0) is 36.6 Å². The van der Waals surface area contributed by atoms with Gasteiger partial charge in [0.2, 0.25) is 0 Å². The monoisotopic (exact) mass is 311 g/mol. The van der Waals surface area contributed by atoms with E-state index in [1.54, 1.807) is 6.07 Å². The van der Waals surface area contributed by atoms with E-state index < -0.39 is 5.76 Å². The number of halogens is 2. The zero-order chi connectivity index (χ0) is 15.2. The second-order valence-electron chi connectivity index (χ2n) is 4.76. The van der Waals surface area contributed by atoms with Gasteiger partial charge in [-0.25, -0.2) is 0 Å². The molecule has 1 aromatic heterocycles. The number of aryl methyl sites for hydroxylation is 2. The molecule has 0 aliphatic heterocycles. The van der Waals surface area contributed by atoms with E-state index in [9.17, 15) is 8.78 Å². The number of rotatable bonds is 7. The predicted molar refractivity (Wildman–Crippen MR) is 83.9 cm³/mol. The van der Waals surface area contributed by atoms with E-state index in [0.29, 0.717) is 24.1 Å². The van der Waals surface area contributed by atoms with Crippen LogP contribution >= 0.6 is 11.8 Å². The van der Waals surface area contributed by atoms with Gasteiger partial charge in [0.25, 0.3) is 5.76 Å². The van der Waals surface area contributed by atoms with Gasteiger partial charge in [0, 0.05) is 5.69 Å². The molecule has 5 heteroatoms. The highest BCUT2D eigenvalue weighted by Gasteiger charge is 2.08. The average molecular weight is 311 g/mol. The molecule has 0 unspecified atom stereocenters. The van der Waals surface area contributed by atoms with Crippen molar-refractivity contribution in [3.05, 3.63) is 53.0 Å². The minimum Gasteiger partial charge on any atom is -0.463 e. The zero-order valence-electron chi connectivity index (χ0n) is 12.2. The van der Waals surface area contributed by atoms with Crippen molar-refractivity contribution in [1.29, 1.82) is 0 Å². The molecule has 0 amide bonds. The minimum absolute atomic E-state index is 0.197. The summed E-state index contributed by atoms with van der Waals surface area (Å²) in [6.45, 7) is 4.73. The maximum absolute atomic E-state index is 12.1. The molecular weight excluding hydrogens is 292 g/mol. The second kappa shape index (κ2) is 7.50. The van der Waals surface area contributed by atoms with E-state index in [1.807, 2.05) is 12.1 Å². The Morgan fingerprint density at radius 3 is 2.67 bits per heavy atom. The lowest BCUT2D eigenvalue weighted by atomic mass is 10.1. The molecule has 114 valence electrons. The minimum atomic E-state index is -2.37. The lowest BCUT2D eigenvalue weighted by molar-refractivity contribution is 0.251. The molecule has 2 rings (SSSR count). The quantitative estimate of drug-likeness (QED) is 0.759. The van der Waals surface area contributed by atoms with Gasteiger partial charge >= 0.3 is 0 Å². The van der Waals surface area contributed by atoms with Gasteiger partial charge in [0.15, 0.2) is 0 Å². The van der Waals surface area contributed by atoms with Crippen LogP contribution in [0.2, 0.25) is 0 Å². The molecule has 0 spiro atoms. The first-order valence-electron chi connectivity index (χ1n) is 6.90. The number of hydrogen-bond donors (Lipinski definition) is 1. The van der Waals surface area contributed by atoms with Gasteiger partial charge in [0.05, 0.1) is 12.3 Å². The number of thioether (sulfide) groups is 1. The molecule has 0 bridgehead atoms. The highest BCUT2D eigenvalue weighted by Crippen LogP contribution is 2.24. The van der Waals surface area contributed by atoms with E-state index in [2.05, 4.69) is 31.3 Å². The number of benzene rings is 1. The molecule has 0 saturated carbocycles. The summed E-state index contributed by atoms with van der Waals surface area (Å²) in [5.41, 5.74) is 3.57. The van der Waals surface area contributed by atoms with Crippen molar-refractivity contribution in [2.24, 2.45) is 0 Å². The van der Waals surface area contributed by atoms with Crippen molar-refractivity contribution in [1.82, 2.24) is 0 Å². The Labute approximate surface area is 127 Å². The fourth-order valence-electron chi connectivity index (χ4n) is 2.19. The highest BCUT2D eigenvalue weighted by atomic mass is 32.2. The van der Waals surface area contributed by atoms with Crippen LogP contribution in [0.3, 0.4) is 0 Å². The normalized spacial score (nSPS) is 11.1. The first kappa shape index (κ1) is 15.9. The van der Waals surface area contributed by atoms with Crippen molar-refractivity contribution in [2.75, 3.05) is 5.32 Å². The molecule has 21 heavy (non-hydrogen) atoms. The Balaban J connectivity index is 1.97. The number of para-hydroxylation sites is 1. The van der Waals surface area contributed by atoms with Crippen LogP contribution in [0.25, 0.3) is 0 Å². The zero-order valence-corrected chi connectivity index (χ0v) is 13.0. The smallest absolute Gasteiger partial charge is 0.284 e. The molecule has 0 aliphatic carbocycles. The van der Waals surface area contributed by atoms with E-state index >= 15 is 0 Å². The highest BCUT2D eigenvalue weighted by molar-refractivity contribution is 7.98. The predicted octanol–water partition coefficient (Wildman–Crippen LogP) is 5.22. The Kier molecular flexibility index (Phi) is 5.67. The first-order chi connectivity index (χ1) is 10.1. The SMILES string of the molecule is CCc1cccc(C)c1NCc1ccc(CSC(F)F)o1. The van der Waals surface area contributed by atoms with Crippen molar-refractivity contribution in [3.63, 3.8) is 0 Å². The van der Waals surface area contributed by atoms with Crippen LogP contribution in [0.5, 0.6) is 0 Å². The van der Waals surface area contributed by atoms with Gasteiger partial charge in [-0.1, -0.05) is 36.9 Å². The van der Waals surface area contributed by atoms with Crippen molar-refractivity contribution in [3.8, 4) is 0 Å². The van der Waals surface area contributed by atoms with E-state index in [-0.39, 0.29) is 5.75 Å². The van der Waals surface area contributed by atoms with Crippen molar-refractivity contribution in [2.45, 2.75) is 38.3 Å². The van der Waals surface area contributed by atoms with Crippen LogP contribution in [0.1, 0.15) is 29.6 Å². The summed E-state index contributed by atoms with van der Waals surface area (Å²) in [5.74, 6) is -0.832. The molecule has 0 saturated heterocycles. The Morgan fingerprint density at radius 1 is 1.19 bits per heavy atom. The molecule has 2 nitrogen and oxygen atoms in total. The summed E-state index contributed by atoms with van der Waals surface area (Å²) in [6.07, 6.45) is 0.957. The summed E-state index contributed by atoms with van der Waals surface area (Å²) in [7, 11) is 0. The Bertz CT molecular complexity index is 583. The van der Waals surface area contributed by atoms with Gasteiger partial charge in [0.1, 0.15) is 11.5 Å². The average Bonchev–Trinajstić information content (AvgIpc) is 2.91. The van der Waals surface area contributed by atoms with Crippen LogP contribution in [-0.4, -0.2) is 5.76 Å². The maximum atomic E-state index is 12.1. The number of furan rings is 1. The van der Waals surface area contributed by atoms with E-state index in [4.69, 9.17) is 4.42 Å². The fraction of sp³-hybridized carbons (Fsp3) is 0.375. The third-order valence-electron chi connectivity index (χ3n) is 3.25. The largest absolute Gasteiger partial charge is 0.463 e. The molecule has 1 heterocycles. The van der Waals surface area contributed by atoms with Gasteiger partial charge < -0.3 is 9.73 Å². The molecule has 2 aromatic rings. The molecule has 0 radical (unpaired) electrons. The number of hydrogen-bond acceptors (Lipinski definition) is 3. The molecule has 1 N–H and O–H groups in total. The van der Waals surface area contributed by atoms with E-state index in [1.165, 1.54) is 11.1 Å². The molecule has 0 atom stereocenters. The summed E-state index contributed by atoms with van der Waals surface area (Å²) >= 11 is 0.573. The molecule has 1 aromatic carbocycles. The summed E-state index contributed by atoms with van der Waals surface area (Å²) in [5, 5.41) is 3.38. The lowest BCUT2D eigenvalue weighted by Gasteiger charge is -2.13. The van der Waals surface area contributed by atoms with Gasteiger partial charge in [-0.2, -0.15) is 8.78 Å². The molecule has 0 fully saturated rings. The number of alkyl halides is 2. The van der Waals surface area contributed by atoms with Crippen LogP contribution in [0, 0.1) is 6.92 Å². The van der Waals surface area contributed by atoms with Gasteiger partial charge in [-0.3, -0.25) is 0 Å². The van der Waals surface area contributed by atoms with Crippen LogP contribution in [-0.2, 0) is 18.7 Å². The summed E-state index contributed by atoms with van der Waals surface area (Å²) < 4.78 is 29.8. The van der Waals surface area contributed by atoms with Gasteiger partial charge in [-0.15, -0.1) is 0 Å². The lowest BCUT2D eigenvalue weighted by Crippen LogP contribution is -2.03. The third kappa shape index (κ3) is 4.49. The van der Waals surface area contributed by atoms with E-state index in [0.717, 1.165) is 17.9 Å².